The van der Waals surface area contributed by atoms with E-state index in [2.05, 4.69) is 22.3 Å². The highest BCUT2D eigenvalue weighted by Gasteiger charge is 2.26. The molecular formula is C18H25N3O2S. The van der Waals surface area contributed by atoms with Crippen LogP contribution < -0.4 is 10.2 Å². The van der Waals surface area contributed by atoms with Crippen molar-refractivity contribution in [2.75, 3.05) is 37.7 Å². The topological polar surface area (TPSA) is 54.5 Å². The molecule has 1 fully saturated rings. The number of rotatable bonds is 7. The monoisotopic (exact) mass is 347 g/mol. The fourth-order valence-corrected chi connectivity index (χ4v) is 4.02. The van der Waals surface area contributed by atoms with Crippen molar-refractivity contribution in [3.63, 3.8) is 0 Å². The number of nitrogens with zero attached hydrogens (tertiary/aromatic N) is 2. The maximum atomic E-state index is 12.2. The Hall–Kier alpha value is -1.66. The molecule has 1 aromatic heterocycles. The average Bonchev–Trinajstić information content (AvgIpc) is 3.05. The fraction of sp³-hybridized carbons (Fsp3) is 0.556. The lowest BCUT2D eigenvalue weighted by atomic mass is 9.96. The van der Waals surface area contributed by atoms with Gasteiger partial charge in [-0.2, -0.15) is 0 Å². The largest absolute Gasteiger partial charge is 0.382 e. The van der Waals surface area contributed by atoms with Gasteiger partial charge in [-0.05, 0) is 38.3 Å². The first-order valence-electron chi connectivity index (χ1n) is 8.74. The Kier molecular flexibility index (Phi) is 6.04. The quantitative estimate of drug-likeness (QED) is 0.782. The number of anilines is 1. The van der Waals surface area contributed by atoms with Crippen molar-refractivity contribution in [1.82, 2.24) is 10.3 Å². The van der Waals surface area contributed by atoms with Crippen molar-refractivity contribution in [3.05, 3.63) is 24.3 Å². The number of amides is 1. The van der Waals surface area contributed by atoms with Crippen LogP contribution in [0.5, 0.6) is 0 Å². The minimum atomic E-state index is 0.128. The predicted molar refractivity (Wildman–Crippen MR) is 98.7 cm³/mol. The first-order chi connectivity index (χ1) is 11.8. The number of piperidine rings is 1. The summed E-state index contributed by atoms with van der Waals surface area (Å²) in [6, 6.07) is 8.23. The van der Waals surface area contributed by atoms with E-state index in [0.29, 0.717) is 13.2 Å². The summed E-state index contributed by atoms with van der Waals surface area (Å²) >= 11 is 1.74. The number of aromatic nitrogens is 1. The molecule has 0 aliphatic carbocycles. The van der Waals surface area contributed by atoms with E-state index in [-0.39, 0.29) is 11.8 Å². The van der Waals surface area contributed by atoms with Crippen LogP contribution in [0.25, 0.3) is 10.2 Å². The highest BCUT2D eigenvalue weighted by molar-refractivity contribution is 7.22. The number of fused-ring (bicyclic) bond motifs is 1. The number of thiazole rings is 1. The molecule has 1 saturated heterocycles. The lowest BCUT2D eigenvalue weighted by Crippen LogP contribution is -2.40. The number of carbonyl (C=O) groups excluding carboxylic acids is 1. The van der Waals surface area contributed by atoms with Crippen LogP contribution in [0.4, 0.5) is 5.13 Å². The number of para-hydroxylation sites is 1. The highest BCUT2D eigenvalue weighted by atomic mass is 32.1. The van der Waals surface area contributed by atoms with E-state index in [1.807, 2.05) is 19.1 Å². The molecule has 0 radical (unpaired) electrons. The number of ether oxygens (including phenoxy) is 1. The molecule has 1 N–H and O–H groups in total. The second kappa shape index (κ2) is 8.44. The van der Waals surface area contributed by atoms with E-state index in [9.17, 15) is 4.79 Å². The van der Waals surface area contributed by atoms with Crippen molar-refractivity contribution < 1.29 is 9.53 Å². The van der Waals surface area contributed by atoms with E-state index in [1.165, 1.54) is 4.70 Å². The first kappa shape index (κ1) is 17.2. The van der Waals surface area contributed by atoms with Crippen molar-refractivity contribution in [2.45, 2.75) is 26.2 Å². The van der Waals surface area contributed by atoms with Crippen LogP contribution >= 0.6 is 11.3 Å². The van der Waals surface area contributed by atoms with Crippen LogP contribution in [0.15, 0.2) is 24.3 Å². The third-order valence-corrected chi connectivity index (χ3v) is 5.48. The Balaban J connectivity index is 1.46. The molecule has 0 bridgehead atoms. The maximum Gasteiger partial charge on any atom is 0.223 e. The fourth-order valence-electron chi connectivity index (χ4n) is 3.00. The van der Waals surface area contributed by atoms with Crippen molar-refractivity contribution in [3.8, 4) is 0 Å². The van der Waals surface area contributed by atoms with Gasteiger partial charge in [-0.15, -0.1) is 0 Å². The van der Waals surface area contributed by atoms with Gasteiger partial charge in [0, 0.05) is 38.8 Å². The van der Waals surface area contributed by atoms with Gasteiger partial charge in [0.2, 0.25) is 5.91 Å². The molecule has 6 heteroatoms. The van der Waals surface area contributed by atoms with Crippen molar-refractivity contribution >= 4 is 32.6 Å². The summed E-state index contributed by atoms with van der Waals surface area (Å²) in [7, 11) is 0. The Morgan fingerprint density at radius 3 is 2.92 bits per heavy atom. The number of hydrogen-bond acceptors (Lipinski definition) is 5. The molecule has 1 aliphatic heterocycles. The Labute approximate surface area is 147 Å². The van der Waals surface area contributed by atoms with Crippen LogP contribution in [0.1, 0.15) is 26.2 Å². The minimum absolute atomic E-state index is 0.128. The molecular weight excluding hydrogens is 322 g/mol. The molecule has 1 aliphatic rings. The van der Waals surface area contributed by atoms with Crippen LogP contribution in [-0.4, -0.2) is 43.7 Å². The molecule has 5 nitrogen and oxygen atoms in total. The normalized spacial score (nSPS) is 15.8. The average molecular weight is 347 g/mol. The summed E-state index contributed by atoms with van der Waals surface area (Å²) in [6.07, 6.45) is 2.67. The second-order valence-corrected chi connectivity index (χ2v) is 7.08. The van der Waals surface area contributed by atoms with Gasteiger partial charge in [0.15, 0.2) is 5.13 Å². The van der Waals surface area contributed by atoms with Gasteiger partial charge in [0.05, 0.1) is 10.2 Å². The summed E-state index contributed by atoms with van der Waals surface area (Å²) in [6.45, 7) is 5.94. The molecule has 0 unspecified atom stereocenters. The number of hydrogen-bond donors (Lipinski definition) is 1. The second-order valence-electron chi connectivity index (χ2n) is 6.07. The van der Waals surface area contributed by atoms with E-state index in [4.69, 9.17) is 9.72 Å². The molecule has 0 saturated carbocycles. The van der Waals surface area contributed by atoms with Crippen LogP contribution in [-0.2, 0) is 9.53 Å². The summed E-state index contributed by atoms with van der Waals surface area (Å²) in [5.41, 5.74) is 1.06. The third kappa shape index (κ3) is 4.24. The standard InChI is InChI=1S/C18H25N3O2S/c1-2-23-13-5-10-19-17(22)14-8-11-21(12-9-14)18-20-15-6-3-4-7-16(15)24-18/h3-4,6-7,14H,2,5,8-13H2,1H3,(H,19,22). The molecule has 130 valence electrons. The molecule has 0 atom stereocenters. The van der Waals surface area contributed by atoms with Crippen molar-refractivity contribution in [2.24, 2.45) is 5.92 Å². The van der Waals surface area contributed by atoms with Gasteiger partial charge in [-0.25, -0.2) is 4.98 Å². The molecule has 1 aromatic carbocycles. The molecule has 2 heterocycles. The Morgan fingerprint density at radius 2 is 2.17 bits per heavy atom. The summed E-state index contributed by atoms with van der Waals surface area (Å²) in [5, 5.41) is 4.11. The zero-order chi connectivity index (χ0) is 16.8. The van der Waals surface area contributed by atoms with Gasteiger partial charge in [-0.3, -0.25) is 4.79 Å². The van der Waals surface area contributed by atoms with Crippen LogP contribution in [0, 0.1) is 5.92 Å². The number of benzene rings is 1. The van der Waals surface area contributed by atoms with E-state index in [0.717, 1.165) is 49.6 Å². The van der Waals surface area contributed by atoms with Crippen molar-refractivity contribution in [1.29, 1.82) is 0 Å². The van der Waals surface area contributed by atoms with Crippen LogP contribution in [0.2, 0.25) is 0 Å². The van der Waals surface area contributed by atoms with E-state index in [1.54, 1.807) is 11.3 Å². The van der Waals surface area contributed by atoms with Gasteiger partial charge in [0.1, 0.15) is 0 Å². The van der Waals surface area contributed by atoms with Gasteiger partial charge < -0.3 is 15.0 Å². The maximum absolute atomic E-state index is 12.2. The van der Waals surface area contributed by atoms with Gasteiger partial charge >= 0.3 is 0 Å². The summed E-state index contributed by atoms with van der Waals surface area (Å²) in [4.78, 5) is 19.3. The van der Waals surface area contributed by atoms with E-state index < -0.39 is 0 Å². The first-order valence-corrected chi connectivity index (χ1v) is 9.55. The summed E-state index contributed by atoms with van der Waals surface area (Å²) < 4.78 is 6.51. The highest BCUT2D eigenvalue weighted by Crippen LogP contribution is 2.31. The zero-order valence-corrected chi connectivity index (χ0v) is 15.0. The predicted octanol–water partition coefficient (Wildman–Crippen LogP) is 3.06. The van der Waals surface area contributed by atoms with Crippen LogP contribution in [0.3, 0.4) is 0 Å². The Morgan fingerprint density at radius 1 is 1.38 bits per heavy atom. The molecule has 2 aromatic rings. The Bertz CT molecular complexity index is 632. The number of carbonyl (C=O) groups is 1. The zero-order valence-electron chi connectivity index (χ0n) is 14.2. The third-order valence-electron chi connectivity index (χ3n) is 4.39. The minimum Gasteiger partial charge on any atom is -0.382 e. The smallest absolute Gasteiger partial charge is 0.223 e. The van der Waals surface area contributed by atoms with Gasteiger partial charge in [-0.1, -0.05) is 23.5 Å². The molecule has 3 rings (SSSR count). The summed E-state index contributed by atoms with van der Waals surface area (Å²) in [5.74, 6) is 0.318. The molecule has 0 spiro atoms. The SMILES string of the molecule is CCOCCCNC(=O)C1CCN(c2nc3ccccc3s2)CC1. The van der Waals surface area contributed by atoms with E-state index >= 15 is 0 Å². The molecule has 24 heavy (non-hydrogen) atoms. The lowest BCUT2D eigenvalue weighted by molar-refractivity contribution is -0.125. The lowest BCUT2D eigenvalue weighted by Gasteiger charge is -2.31. The number of nitrogens with one attached hydrogen (secondary N) is 1. The molecule has 1 amide bonds. The van der Waals surface area contributed by atoms with Gasteiger partial charge in [0.25, 0.3) is 0 Å².